The summed E-state index contributed by atoms with van der Waals surface area (Å²) < 4.78 is 26.5. The van der Waals surface area contributed by atoms with E-state index >= 15 is 0 Å². The van der Waals surface area contributed by atoms with Gasteiger partial charge in [0.05, 0.1) is 0 Å². The quantitative estimate of drug-likeness (QED) is 0.668. The second-order valence-corrected chi connectivity index (χ2v) is 8.74. The minimum absolute atomic E-state index is 0.0592. The Morgan fingerprint density at radius 3 is 2.58 bits per heavy atom. The van der Waals surface area contributed by atoms with Crippen molar-refractivity contribution in [3.8, 4) is 10.6 Å². The average molecular weight is 363 g/mol. The fourth-order valence-corrected chi connectivity index (χ4v) is 4.80. The number of sulfone groups is 1. The second-order valence-electron chi connectivity index (χ2n) is 5.61. The topological polar surface area (TPSA) is 90.6 Å². The van der Waals surface area contributed by atoms with Crippen LogP contribution >= 0.6 is 11.3 Å². The van der Waals surface area contributed by atoms with Gasteiger partial charge in [0, 0.05) is 11.6 Å². The number of benzene rings is 1. The Balaban J connectivity index is 1.75. The Kier molecular flexibility index (Phi) is 4.72. The van der Waals surface area contributed by atoms with Crippen LogP contribution in [0.15, 0.2) is 36.7 Å². The smallest absolute Gasteiger partial charge is 0.164 e. The lowest BCUT2D eigenvalue weighted by molar-refractivity contribution is 0.510. The largest absolute Gasteiger partial charge is 0.247 e. The third kappa shape index (κ3) is 3.85. The van der Waals surface area contributed by atoms with E-state index in [1.165, 1.54) is 17.7 Å². The minimum atomic E-state index is -3.40. The van der Waals surface area contributed by atoms with Gasteiger partial charge in [0.1, 0.15) is 33.7 Å². The van der Waals surface area contributed by atoms with Crippen LogP contribution in [0.25, 0.3) is 10.6 Å². The highest BCUT2D eigenvalue weighted by Crippen LogP contribution is 2.24. The van der Waals surface area contributed by atoms with Crippen molar-refractivity contribution in [2.24, 2.45) is 0 Å². The molecule has 0 radical (unpaired) electrons. The summed E-state index contributed by atoms with van der Waals surface area (Å²) in [4.78, 5) is 4.06. The van der Waals surface area contributed by atoms with Gasteiger partial charge in [-0.1, -0.05) is 41.7 Å². The zero-order chi connectivity index (χ0) is 17.2. The predicted molar refractivity (Wildman–Crippen MR) is 92.1 cm³/mol. The van der Waals surface area contributed by atoms with Gasteiger partial charge < -0.3 is 0 Å². The van der Waals surface area contributed by atoms with E-state index < -0.39 is 9.84 Å². The molecule has 0 N–H and O–H groups in total. The van der Waals surface area contributed by atoms with E-state index in [1.54, 1.807) is 4.68 Å². The van der Waals surface area contributed by atoms with Crippen LogP contribution in [0.3, 0.4) is 0 Å². The van der Waals surface area contributed by atoms with Gasteiger partial charge in [-0.3, -0.25) is 0 Å². The highest BCUT2D eigenvalue weighted by atomic mass is 32.2. The number of nitrogens with zero attached hydrogens (tertiary/aromatic N) is 5. The molecule has 1 aromatic carbocycles. The summed E-state index contributed by atoms with van der Waals surface area (Å²) >= 11 is 1.29. The molecule has 0 amide bonds. The van der Waals surface area contributed by atoms with Gasteiger partial charge in [-0.25, -0.2) is 18.1 Å². The van der Waals surface area contributed by atoms with Crippen LogP contribution in [0, 0.1) is 0 Å². The number of aromatic nitrogens is 5. The van der Waals surface area contributed by atoms with E-state index in [0.717, 1.165) is 5.56 Å². The predicted octanol–water partition coefficient (Wildman–Crippen LogP) is 2.49. The van der Waals surface area contributed by atoms with Gasteiger partial charge >= 0.3 is 0 Å². The molecule has 0 fully saturated rings. The van der Waals surface area contributed by atoms with Gasteiger partial charge in [-0.2, -0.15) is 5.10 Å². The van der Waals surface area contributed by atoms with Gasteiger partial charge in [-0.05, 0) is 13.8 Å². The minimum Gasteiger partial charge on any atom is -0.247 e. The van der Waals surface area contributed by atoms with E-state index in [2.05, 4.69) is 20.3 Å². The molecule has 0 atom stereocenters. The molecule has 0 aliphatic rings. The van der Waals surface area contributed by atoms with Crippen molar-refractivity contribution in [2.45, 2.75) is 31.4 Å². The zero-order valence-corrected chi connectivity index (χ0v) is 15.0. The Morgan fingerprint density at radius 1 is 1.12 bits per heavy atom. The monoisotopic (exact) mass is 363 g/mol. The van der Waals surface area contributed by atoms with Crippen LogP contribution in [0.5, 0.6) is 0 Å². The Labute approximate surface area is 144 Å². The summed E-state index contributed by atoms with van der Waals surface area (Å²) in [6.07, 6.45) is 1.38. The van der Waals surface area contributed by atoms with E-state index in [0.29, 0.717) is 15.8 Å². The van der Waals surface area contributed by atoms with Crippen molar-refractivity contribution in [3.63, 3.8) is 0 Å². The maximum atomic E-state index is 12.4. The Bertz CT molecular complexity index is 916. The SMILES string of the molecule is CC(C)n1ncnc1CS(=O)(=O)Cc1nnc(-c2ccccc2)s1. The van der Waals surface area contributed by atoms with Crippen molar-refractivity contribution >= 4 is 21.2 Å². The molecule has 3 rings (SSSR count). The Hall–Kier alpha value is -2.13. The second kappa shape index (κ2) is 6.78. The van der Waals surface area contributed by atoms with Crippen LogP contribution in [0.2, 0.25) is 0 Å². The maximum Gasteiger partial charge on any atom is 0.164 e. The van der Waals surface area contributed by atoms with Crippen LogP contribution < -0.4 is 0 Å². The molecule has 24 heavy (non-hydrogen) atoms. The van der Waals surface area contributed by atoms with Gasteiger partial charge in [-0.15, -0.1) is 10.2 Å². The number of hydrogen-bond acceptors (Lipinski definition) is 7. The summed E-state index contributed by atoms with van der Waals surface area (Å²) in [5, 5.41) is 13.4. The van der Waals surface area contributed by atoms with Gasteiger partial charge in [0.15, 0.2) is 9.84 Å². The standard InChI is InChI=1S/C15H17N5O2S2/c1-11(2)20-13(16-10-17-20)8-24(21,22)9-14-18-19-15(23-14)12-6-4-3-5-7-12/h3-7,10-11H,8-9H2,1-2H3. The maximum absolute atomic E-state index is 12.4. The molecule has 9 heteroatoms. The molecule has 0 saturated carbocycles. The number of hydrogen-bond donors (Lipinski definition) is 0. The first-order chi connectivity index (χ1) is 11.4. The molecule has 0 bridgehead atoms. The summed E-state index contributed by atoms with van der Waals surface area (Å²) in [5.41, 5.74) is 0.929. The highest BCUT2D eigenvalue weighted by Gasteiger charge is 2.21. The zero-order valence-electron chi connectivity index (χ0n) is 13.3. The molecule has 3 aromatic rings. The van der Waals surface area contributed by atoms with E-state index in [9.17, 15) is 8.42 Å². The van der Waals surface area contributed by atoms with Crippen molar-refractivity contribution in [1.82, 2.24) is 25.0 Å². The summed E-state index contributed by atoms with van der Waals surface area (Å²) in [5.74, 6) is 0.131. The molecule has 7 nitrogen and oxygen atoms in total. The lowest BCUT2D eigenvalue weighted by atomic mass is 10.2. The molecule has 2 heterocycles. The molecule has 0 aliphatic heterocycles. The van der Waals surface area contributed by atoms with Gasteiger partial charge in [0.25, 0.3) is 0 Å². The van der Waals surface area contributed by atoms with E-state index in [4.69, 9.17) is 0 Å². The summed E-state index contributed by atoms with van der Waals surface area (Å²) in [7, 11) is -3.40. The highest BCUT2D eigenvalue weighted by molar-refractivity contribution is 7.89. The number of rotatable bonds is 6. The van der Waals surface area contributed by atoms with Crippen molar-refractivity contribution in [2.75, 3.05) is 0 Å². The van der Waals surface area contributed by atoms with Crippen LogP contribution in [0.4, 0.5) is 0 Å². The normalized spacial score (nSPS) is 12.0. The van der Waals surface area contributed by atoms with E-state index in [-0.39, 0.29) is 17.5 Å². The fourth-order valence-electron chi connectivity index (χ4n) is 2.25. The van der Waals surface area contributed by atoms with Crippen molar-refractivity contribution in [3.05, 3.63) is 47.5 Å². The molecular weight excluding hydrogens is 346 g/mol. The molecular formula is C15H17N5O2S2. The molecule has 0 saturated heterocycles. The first kappa shape index (κ1) is 16.7. The van der Waals surface area contributed by atoms with E-state index in [1.807, 2.05) is 44.2 Å². The molecule has 126 valence electrons. The van der Waals surface area contributed by atoms with Crippen LogP contribution in [-0.2, 0) is 21.3 Å². The van der Waals surface area contributed by atoms with Crippen molar-refractivity contribution in [1.29, 1.82) is 0 Å². The summed E-state index contributed by atoms with van der Waals surface area (Å²) in [6, 6.07) is 9.63. The van der Waals surface area contributed by atoms with Crippen LogP contribution in [-0.4, -0.2) is 33.4 Å². The summed E-state index contributed by atoms with van der Waals surface area (Å²) in [6.45, 7) is 3.86. The first-order valence-corrected chi connectivity index (χ1v) is 10.0. The first-order valence-electron chi connectivity index (χ1n) is 7.41. The molecule has 0 unspecified atom stereocenters. The third-order valence-electron chi connectivity index (χ3n) is 3.32. The lowest BCUT2D eigenvalue weighted by Crippen LogP contribution is -2.14. The Morgan fingerprint density at radius 2 is 1.88 bits per heavy atom. The lowest BCUT2D eigenvalue weighted by Gasteiger charge is -2.09. The molecule has 0 aliphatic carbocycles. The van der Waals surface area contributed by atoms with Crippen LogP contribution in [0.1, 0.15) is 30.7 Å². The fraction of sp³-hybridized carbons (Fsp3) is 0.333. The van der Waals surface area contributed by atoms with Crippen molar-refractivity contribution < 1.29 is 8.42 Å². The molecule has 2 aromatic heterocycles. The average Bonchev–Trinajstić information content (AvgIpc) is 3.16. The third-order valence-corrected chi connectivity index (χ3v) is 5.88. The molecule has 0 spiro atoms. The van der Waals surface area contributed by atoms with Gasteiger partial charge in [0.2, 0.25) is 0 Å².